The van der Waals surface area contributed by atoms with Crippen molar-refractivity contribution < 1.29 is 19.1 Å². The van der Waals surface area contributed by atoms with Gasteiger partial charge in [0.05, 0.1) is 13.7 Å². The first-order valence-corrected chi connectivity index (χ1v) is 12.7. The average molecular weight is 545 g/mol. The highest BCUT2D eigenvalue weighted by atomic mass is 79.9. The first-order chi connectivity index (χ1) is 16.9. The molecule has 188 valence electrons. The Labute approximate surface area is 214 Å². The molecule has 2 aliphatic rings. The predicted octanol–water partition coefficient (Wildman–Crippen LogP) is 3.67. The number of carbonyl (C=O) groups excluding carboxylic acids is 2. The summed E-state index contributed by atoms with van der Waals surface area (Å²) in [5.74, 6) is 0.789. The summed E-state index contributed by atoms with van der Waals surface area (Å²) in [6.45, 7) is 4.26. The highest BCUT2D eigenvalue weighted by molar-refractivity contribution is 9.10. The molecular weight excluding hydrogens is 512 g/mol. The quantitative estimate of drug-likeness (QED) is 0.538. The van der Waals surface area contributed by atoms with Gasteiger partial charge in [0.2, 0.25) is 0 Å². The first-order valence-electron chi connectivity index (χ1n) is 11.9. The van der Waals surface area contributed by atoms with Crippen LogP contribution in [-0.2, 0) is 9.53 Å². The van der Waals surface area contributed by atoms with Gasteiger partial charge < -0.3 is 25.4 Å². The van der Waals surface area contributed by atoms with Crippen LogP contribution >= 0.6 is 15.9 Å². The molecular formula is C26H33BrN4O4. The van der Waals surface area contributed by atoms with Crippen molar-refractivity contribution in [2.75, 3.05) is 45.2 Å². The number of nitrogens with one attached hydrogen (secondary N) is 1. The van der Waals surface area contributed by atoms with Crippen molar-refractivity contribution in [2.24, 2.45) is 11.7 Å². The molecule has 9 heteroatoms. The number of nitrogens with zero attached hydrogens (tertiary/aromatic N) is 2. The predicted molar refractivity (Wildman–Crippen MR) is 139 cm³/mol. The van der Waals surface area contributed by atoms with E-state index in [1.54, 1.807) is 7.11 Å². The van der Waals surface area contributed by atoms with Gasteiger partial charge in [0.1, 0.15) is 5.75 Å². The van der Waals surface area contributed by atoms with Crippen molar-refractivity contribution >= 4 is 33.6 Å². The van der Waals surface area contributed by atoms with Gasteiger partial charge in [-0.1, -0.05) is 28.1 Å². The Morgan fingerprint density at radius 1 is 1.11 bits per heavy atom. The highest BCUT2D eigenvalue weighted by Crippen LogP contribution is 2.42. The lowest BCUT2D eigenvalue weighted by Gasteiger charge is -2.58. The zero-order valence-electron chi connectivity index (χ0n) is 20.2. The summed E-state index contributed by atoms with van der Waals surface area (Å²) in [5, 5.41) is 3.02. The summed E-state index contributed by atoms with van der Waals surface area (Å²) in [7, 11) is 1.61. The zero-order valence-corrected chi connectivity index (χ0v) is 21.7. The third kappa shape index (κ3) is 5.97. The second-order valence-corrected chi connectivity index (χ2v) is 10.1. The van der Waals surface area contributed by atoms with Gasteiger partial charge in [-0.15, -0.1) is 0 Å². The van der Waals surface area contributed by atoms with E-state index in [0.29, 0.717) is 31.9 Å². The van der Waals surface area contributed by atoms with Crippen molar-refractivity contribution in [3.63, 3.8) is 0 Å². The normalized spacial score (nSPS) is 24.4. The number of hydrogen-bond donors (Lipinski definition) is 2. The number of hydrogen-bond acceptors (Lipinski definition) is 6. The standard InChI is InChI=1S/C26H33BrN4O4/c1-17(32)35-16-18-11-12-30(26(33)29-21-7-9-22(34-2)10-8-21)15-24-25(23(13-28)31(24)14-18)19-3-5-20(27)6-4-19/h3-10,18,23-25H,11-16,28H2,1-2H3,(H,29,33)/t18?,23-,24+,25+/m1/s1. The van der Waals surface area contributed by atoms with Gasteiger partial charge >= 0.3 is 12.0 Å². The van der Waals surface area contributed by atoms with Gasteiger partial charge in [0.15, 0.2) is 0 Å². The molecule has 4 atom stereocenters. The van der Waals surface area contributed by atoms with Crippen LogP contribution in [0.3, 0.4) is 0 Å². The average Bonchev–Trinajstić information content (AvgIpc) is 2.84. The van der Waals surface area contributed by atoms with E-state index >= 15 is 0 Å². The van der Waals surface area contributed by atoms with E-state index in [4.69, 9.17) is 15.2 Å². The van der Waals surface area contributed by atoms with E-state index < -0.39 is 0 Å². The molecule has 0 aliphatic carbocycles. The number of amides is 2. The fourth-order valence-corrected chi connectivity index (χ4v) is 5.46. The van der Waals surface area contributed by atoms with Crippen molar-refractivity contribution in [2.45, 2.75) is 31.3 Å². The Kier molecular flexibility index (Phi) is 8.30. The second kappa shape index (κ2) is 11.4. The Hall–Kier alpha value is -2.62. The lowest BCUT2D eigenvalue weighted by atomic mass is 9.73. The van der Waals surface area contributed by atoms with E-state index in [1.807, 2.05) is 41.3 Å². The molecule has 0 aromatic heterocycles. The lowest BCUT2D eigenvalue weighted by molar-refractivity contribution is -0.143. The van der Waals surface area contributed by atoms with Crippen LogP contribution in [0.25, 0.3) is 0 Å². The molecule has 2 fully saturated rings. The number of methoxy groups -OCH3 is 1. The molecule has 1 unspecified atom stereocenters. The number of benzene rings is 2. The number of rotatable bonds is 6. The highest BCUT2D eigenvalue weighted by Gasteiger charge is 2.50. The van der Waals surface area contributed by atoms with Gasteiger partial charge in [0, 0.05) is 67.2 Å². The molecule has 2 heterocycles. The summed E-state index contributed by atoms with van der Waals surface area (Å²) in [5.41, 5.74) is 8.17. The van der Waals surface area contributed by atoms with Gasteiger partial charge in [-0.3, -0.25) is 9.69 Å². The third-order valence-electron chi connectivity index (χ3n) is 7.01. The van der Waals surface area contributed by atoms with Gasteiger partial charge in [-0.25, -0.2) is 4.79 Å². The number of urea groups is 1. The van der Waals surface area contributed by atoms with Crippen LogP contribution in [-0.4, -0.2) is 73.8 Å². The Morgan fingerprint density at radius 2 is 1.83 bits per heavy atom. The van der Waals surface area contributed by atoms with Crippen molar-refractivity contribution in [3.05, 3.63) is 58.6 Å². The number of anilines is 1. The van der Waals surface area contributed by atoms with Crippen molar-refractivity contribution in [3.8, 4) is 5.75 Å². The summed E-state index contributed by atoms with van der Waals surface area (Å²) in [4.78, 5) is 29.1. The Balaban J connectivity index is 1.55. The van der Waals surface area contributed by atoms with Crippen LogP contribution in [0.2, 0.25) is 0 Å². The molecule has 0 bridgehead atoms. The SMILES string of the molecule is COc1ccc(NC(=O)N2CCC(COC(C)=O)CN3[C@H](CN)[C@H](c4ccc(Br)cc4)[C@@H]3C2)cc1. The smallest absolute Gasteiger partial charge is 0.321 e. The third-order valence-corrected chi connectivity index (χ3v) is 7.54. The summed E-state index contributed by atoms with van der Waals surface area (Å²) in [6.07, 6.45) is 0.743. The molecule has 0 saturated carbocycles. The molecule has 2 saturated heterocycles. The summed E-state index contributed by atoms with van der Waals surface area (Å²) < 4.78 is 11.6. The minimum Gasteiger partial charge on any atom is -0.497 e. The summed E-state index contributed by atoms with van der Waals surface area (Å²) >= 11 is 3.52. The fraction of sp³-hybridized carbons (Fsp3) is 0.462. The van der Waals surface area contributed by atoms with Crippen LogP contribution in [0, 0.1) is 5.92 Å². The van der Waals surface area contributed by atoms with Gasteiger partial charge in [-0.2, -0.15) is 0 Å². The van der Waals surface area contributed by atoms with E-state index in [-0.39, 0.29) is 35.9 Å². The van der Waals surface area contributed by atoms with E-state index in [9.17, 15) is 9.59 Å². The number of halogens is 1. The summed E-state index contributed by atoms with van der Waals surface area (Å²) in [6, 6.07) is 15.8. The van der Waals surface area contributed by atoms with Crippen LogP contribution in [0.15, 0.2) is 53.0 Å². The molecule has 2 aromatic rings. The zero-order chi connectivity index (χ0) is 24.9. The molecule has 4 rings (SSSR count). The molecule has 3 N–H and O–H groups in total. The van der Waals surface area contributed by atoms with Crippen LogP contribution < -0.4 is 15.8 Å². The minimum atomic E-state index is -0.288. The maximum Gasteiger partial charge on any atom is 0.321 e. The van der Waals surface area contributed by atoms with E-state index in [0.717, 1.165) is 23.2 Å². The number of carbonyl (C=O) groups is 2. The largest absolute Gasteiger partial charge is 0.497 e. The maximum atomic E-state index is 13.3. The number of fused-ring (bicyclic) bond motifs is 1. The van der Waals surface area contributed by atoms with Crippen molar-refractivity contribution in [1.29, 1.82) is 0 Å². The number of esters is 1. The minimum absolute atomic E-state index is 0.123. The topological polar surface area (TPSA) is 97.1 Å². The van der Waals surface area contributed by atoms with Crippen LogP contribution in [0.5, 0.6) is 5.75 Å². The first kappa shape index (κ1) is 25.5. The fourth-order valence-electron chi connectivity index (χ4n) is 5.19. The van der Waals surface area contributed by atoms with Gasteiger partial charge in [-0.05, 0) is 48.4 Å². The van der Waals surface area contributed by atoms with Crippen LogP contribution in [0.1, 0.15) is 24.8 Å². The molecule has 0 spiro atoms. The lowest BCUT2D eigenvalue weighted by Crippen LogP contribution is -2.70. The van der Waals surface area contributed by atoms with Crippen molar-refractivity contribution in [1.82, 2.24) is 9.80 Å². The Bertz CT molecular complexity index is 1020. The monoisotopic (exact) mass is 544 g/mol. The molecule has 2 aromatic carbocycles. The molecule has 0 radical (unpaired) electrons. The van der Waals surface area contributed by atoms with Crippen LogP contribution in [0.4, 0.5) is 10.5 Å². The Morgan fingerprint density at radius 3 is 2.46 bits per heavy atom. The van der Waals surface area contributed by atoms with E-state index in [1.165, 1.54) is 12.5 Å². The molecule has 2 aliphatic heterocycles. The van der Waals surface area contributed by atoms with Gasteiger partial charge in [0.25, 0.3) is 0 Å². The molecule has 8 nitrogen and oxygen atoms in total. The maximum absolute atomic E-state index is 13.3. The number of nitrogens with two attached hydrogens (primary N) is 1. The number of ether oxygens (including phenoxy) is 2. The second-order valence-electron chi connectivity index (χ2n) is 9.21. The van der Waals surface area contributed by atoms with E-state index in [2.05, 4.69) is 38.3 Å². The molecule has 2 amide bonds. The molecule has 35 heavy (non-hydrogen) atoms.